The fourth-order valence-corrected chi connectivity index (χ4v) is 2.77. The highest BCUT2D eigenvalue weighted by molar-refractivity contribution is 5.91. The van der Waals surface area contributed by atoms with Crippen LogP contribution < -0.4 is 16.8 Å². The lowest BCUT2D eigenvalue weighted by Crippen LogP contribution is -2.14. The molecule has 3 aromatic rings. The monoisotopic (exact) mass is 378 g/mol. The Morgan fingerprint density at radius 3 is 2.36 bits per heavy atom. The van der Waals surface area contributed by atoms with E-state index < -0.39 is 4.92 Å². The number of hydrogen-bond donors (Lipinski definition) is 3. The smallest absolute Gasteiger partial charge is 0.269 e. The van der Waals surface area contributed by atoms with Crippen LogP contribution in [-0.4, -0.2) is 20.8 Å². The molecule has 0 bridgehead atoms. The van der Waals surface area contributed by atoms with Crippen LogP contribution >= 0.6 is 0 Å². The van der Waals surface area contributed by atoms with Gasteiger partial charge in [-0.2, -0.15) is 4.98 Å². The van der Waals surface area contributed by atoms with Crippen LogP contribution in [0.2, 0.25) is 0 Å². The average Bonchev–Trinajstić information content (AvgIpc) is 2.67. The number of nitrogens with one attached hydrogen (secondary N) is 1. The standard InChI is InChI=1S/C19H18N6O3/c20-18-17(12-6-8-14(9-7-12)25(27)28)15(23-19(21)24-18)10-11-16(26)22-13-4-2-1-3-5-13/h1-9H,10-11H2,(H,22,26)(H4,20,21,23,24). The zero-order valence-electron chi connectivity index (χ0n) is 14.8. The third-order valence-corrected chi connectivity index (χ3v) is 4.04. The number of amides is 1. The summed E-state index contributed by atoms with van der Waals surface area (Å²) in [7, 11) is 0. The maximum Gasteiger partial charge on any atom is 0.269 e. The number of nitrogens with two attached hydrogens (primary N) is 2. The van der Waals surface area contributed by atoms with Crippen molar-refractivity contribution in [1.29, 1.82) is 0 Å². The molecule has 0 spiro atoms. The van der Waals surface area contributed by atoms with Crippen LogP contribution in [0, 0.1) is 10.1 Å². The van der Waals surface area contributed by atoms with Crippen molar-refractivity contribution in [3.63, 3.8) is 0 Å². The first kappa shape index (κ1) is 18.8. The number of nitrogens with zero attached hydrogens (tertiary/aromatic N) is 3. The summed E-state index contributed by atoms with van der Waals surface area (Å²) >= 11 is 0. The largest absolute Gasteiger partial charge is 0.383 e. The second-order valence-electron chi connectivity index (χ2n) is 6.01. The number of hydrogen-bond acceptors (Lipinski definition) is 7. The predicted octanol–water partition coefficient (Wildman–Crippen LogP) is 2.79. The minimum Gasteiger partial charge on any atom is -0.383 e. The molecule has 0 atom stereocenters. The molecule has 0 aliphatic heterocycles. The Labute approximate surface area is 160 Å². The van der Waals surface area contributed by atoms with Crippen molar-refractivity contribution in [2.24, 2.45) is 0 Å². The lowest BCUT2D eigenvalue weighted by atomic mass is 10.0. The fraction of sp³-hybridized carbons (Fsp3) is 0.105. The summed E-state index contributed by atoms with van der Waals surface area (Å²) in [6.07, 6.45) is 0.437. The molecule has 0 aliphatic rings. The van der Waals surface area contributed by atoms with Crippen molar-refractivity contribution in [2.75, 3.05) is 16.8 Å². The summed E-state index contributed by atoms with van der Waals surface area (Å²) in [4.78, 5) is 30.8. The van der Waals surface area contributed by atoms with Gasteiger partial charge in [-0.25, -0.2) is 4.98 Å². The van der Waals surface area contributed by atoms with Crippen molar-refractivity contribution in [1.82, 2.24) is 9.97 Å². The number of benzene rings is 2. The Morgan fingerprint density at radius 1 is 1.04 bits per heavy atom. The molecule has 2 aromatic carbocycles. The number of aryl methyl sites for hydroxylation is 1. The van der Waals surface area contributed by atoms with Crippen molar-refractivity contribution in [3.05, 3.63) is 70.4 Å². The van der Waals surface area contributed by atoms with E-state index >= 15 is 0 Å². The van der Waals surface area contributed by atoms with Gasteiger partial charge in [0.1, 0.15) is 5.82 Å². The molecule has 3 rings (SSSR count). The number of carbonyl (C=O) groups is 1. The van der Waals surface area contributed by atoms with E-state index in [-0.39, 0.29) is 36.2 Å². The average molecular weight is 378 g/mol. The highest BCUT2D eigenvalue weighted by Gasteiger charge is 2.16. The Balaban J connectivity index is 1.82. The van der Waals surface area contributed by atoms with E-state index in [0.29, 0.717) is 22.5 Å². The first-order valence-corrected chi connectivity index (χ1v) is 8.45. The molecular formula is C19H18N6O3. The molecule has 9 heteroatoms. The van der Waals surface area contributed by atoms with Crippen LogP contribution in [0.3, 0.4) is 0 Å². The lowest BCUT2D eigenvalue weighted by Gasteiger charge is -2.12. The first-order chi connectivity index (χ1) is 13.4. The van der Waals surface area contributed by atoms with Gasteiger partial charge in [0.15, 0.2) is 0 Å². The maximum absolute atomic E-state index is 12.2. The van der Waals surface area contributed by atoms with Gasteiger partial charge in [-0.15, -0.1) is 0 Å². The molecule has 1 aromatic heterocycles. The van der Waals surface area contributed by atoms with Crippen molar-refractivity contribution < 1.29 is 9.72 Å². The van der Waals surface area contributed by atoms with Crippen LogP contribution in [0.4, 0.5) is 23.1 Å². The number of rotatable bonds is 6. The van der Waals surface area contributed by atoms with Gasteiger partial charge in [0.05, 0.1) is 10.6 Å². The van der Waals surface area contributed by atoms with E-state index in [0.717, 1.165) is 0 Å². The number of nitro benzene ring substituents is 1. The van der Waals surface area contributed by atoms with Crippen LogP contribution in [0.1, 0.15) is 12.1 Å². The Bertz CT molecular complexity index is 1010. The van der Waals surface area contributed by atoms with E-state index in [4.69, 9.17) is 11.5 Å². The van der Waals surface area contributed by atoms with Crippen LogP contribution in [0.25, 0.3) is 11.1 Å². The van der Waals surface area contributed by atoms with Gasteiger partial charge in [0, 0.05) is 29.8 Å². The van der Waals surface area contributed by atoms with E-state index in [1.54, 1.807) is 24.3 Å². The molecule has 1 amide bonds. The molecule has 0 saturated heterocycles. The summed E-state index contributed by atoms with van der Waals surface area (Å²) < 4.78 is 0. The molecule has 0 saturated carbocycles. The van der Waals surface area contributed by atoms with Gasteiger partial charge < -0.3 is 16.8 Å². The molecule has 1 heterocycles. The normalized spacial score (nSPS) is 10.4. The summed E-state index contributed by atoms with van der Waals surface area (Å²) in [6.45, 7) is 0. The molecule has 28 heavy (non-hydrogen) atoms. The summed E-state index contributed by atoms with van der Waals surface area (Å²) in [6, 6.07) is 15.0. The van der Waals surface area contributed by atoms with Crippen LogP contribution in [0.5, 0.6) is 0 Å². The van der Waals surface area contributed by atoms with Gasteiger partial charge in [0.2, 0.25) is 11.9 Å². The molecule has 0 radical (unpaired) electrons. The molecule has 9 nitrogen and oxygen atoms in total. The fourth-order valence-electron chi connectivity index (χ4n) is 2.77. The van der Waals surface area contributed by atoms with Crippen LogP contribution in [-0.2, 0) is 11.2 Å². The minimum atomic E-state index is -0.485. The molecule has 0 unspecified atom stereocenters. The number of nitro groups is 1. The third-order valence-electron chi connectivity index (χ3n) is 4.04. The highest BCUT2D eigenvalue weighted by Crippen LogP contribution is 2.30. The highest BCUT2D eigenvalue weighted by atomic mass is 16.6. The third kappa shape index (κ3) is 4.39. The van der Waals surface area contributed by atoms with Crippen molar-refractivity contribution in [2.45, 2.75) is 12.8 Å². The van der Waals surface area contributed by atoms with Crippen molar-refractivity contribution >= 4 is 29.0 Å². The lowest BCUT2D eigenvalue weighted by molar-refractivity contribution is -0.384. The zero-order valence-corrected chi connectivity index (χ0v) is 14.8. The predicted molar refractivity (Wildman–Crippen MR) is 106 cm³/mol. The first-order valence-electron chi connectivity index (χ1n) is 8.45. The van der Waals surface area contributed by atoms with Crippen molar-refractivity contribution in [3.8, 4) is 11.1 Å². The number of para-hydroxylation sites is 1. The number of nitrogen functional groups attached to an aromatic ring is 2. The Kier molecular flexibility index (Phi) is 5.45. The second kappa shape index (κ2) is 8.12. The minimum absolute atomic E-state index is 0.00151. The van der Waals surface area contributed by atoms with Gasteiger partial charge >= 0.3 is 0 Å². The molecular weight excluding hydrogens is 360 g/mol. The molecule has 142 valence electrons. The quantitative estimate of drug-likeness (QED) is 0.441. The van der Waals surface area contributed by atoms with E-state index in [2.05, 4.69) is 15.3 Å². The van der Waals surface area contributed by atoms with E-state index in [9.17, 15) is 14.9 Å². The SMILES string of the molecule is Nc1nc(N)c(-c2ccc([N+](=O)[O-])cc2)c(CCC(=O)Nc2ccccc2)n1. The zero-order chi connectivity index (χ0) is 20.1. The second-order valence-corrected chi connectivity index (χ2v) is 6.01. The Morgan fingerprint density at radius 2 is 1.71 bits per heavy atom. The number of aromatic nitrogens is 2. The van der Waals surface area contributed by atoms with E-state index in [1.165, 1.54) is 12.1 Å². The molecule has 5 N–H and O–H groups in total. The molecule has 0 fully saturated rings. The van der Waals surface area contributed by atoms with Crippen LogP contribution in [0.15, 0.2) is 54.6 Å². The van der Waals surface area contributed by atoms with Gasteiger partial charge in [-0.1, -0.05) is 18.2 Å². The summed E-state index contributed by atoms with van der Waals surface area (Å²) in [5.41, 5.74) is 14.0. The van der Waals surface area contributed by atoms with Gasteiger partial charge in [0.25, 0.3) is 5.69 Å². The number of carbonyl (C=O) groups excluding carboxylic acids is 1. The maximum atomic E-state index is 12.2. The number of anilines is 3. The topological polar surface area (TPSA) is 150 Å². The Hall–Kier alpha value is -4.01. The van der Waals surface area contributed by atoms with Gasteiger partial charge in [-0.3, -0.25) is 14.9 Å². The van der Waals surface area contributed by atoms with Gasteiger partial charge in [-0.05, 0) is 36.2 Å². The number of non-ortho nitro benzene ring substituents is 1. The summed E-state index contributed by atoms with van der Waals surface area (Å²) in [5.74, 6) is -0.0296. The molecule has 0 aliphatic carbocycles. The van der Waals surface area contributed by atoms with E-state index in [1.807, 2.05) is 18.2 Å². The summed E-state index contributed by atoms with van der Waals surface area (Å²) in [5, 5.41) is 13.7.